The summed E-state index contributed by atoms with van der Waals surface area (Å²) in [5, 5.41) is 3.44. The van der Waals surface area contributed by atoms with Crippen molar-refractivity contribution in [1.82, 2.24) is 5.32 Å². The van der Waals surface area contributed by atoms with Crippen LogP contribution < -0.4 is 10.2 Å². The van der Waals surface area contributed by atoms with Crippen molar-refractivity contribution in [2.24, 2.45) is 5.92 Å². The summed E-state index contributed by atoms with van der Waals surface area (Å²) in [7, 11) is 0. The van der Waals surface area contributed by atoms with Gasteiger partial charge < -0.3 is 10.2 Å². The van der Waals surface area contributed by atoms with Gasteiger partial charge in [-0.15, -0.1) is 0 Å². The molecule has 1 aliphatic rings. The number of hydrogen-bond donors (Lipinski definition) is 1. The highest BCUT2D eigenvalue weighted by molar-refractivity contribution is 9.10. The second kappa shape index (κ2) is 5.69. The number of anilines is 1. The van der Waals surface area contributed by atoms with Crippen LogP contribution in [-0.2, 0) is 0 Å². The summed E-state index contributed by atoms with van der Waals surface area (Å²) in [5.74, 6) is 0.798. The second-order valence-corrected chi connectivity index (χ2v) is 5.21. The third kappa shape index (κ3) is 2.77. The Morgan fingerprint density at radius 1 is 1.44 bits per heavy atom. The summed E-state index contributed by atoms with van der Waals surface area (Å²) in [6.45, 7) is 6.75. The zero-order chi connectivity index (χ0) is 11.4. The van der Waals surface area contributed by atoms with Crippen LogP contribution in [-0.4, -0.2) is 26.2 Å². The van der Waals surface area contributed by atoms with Crippen LogP contribution in [0.1, 0.15) is 13.3 Å². The predicted molar refractivity (Wildman–Crippen MR) is 73.0 cm³/mol. The van der Waals surface area contributed by atoms with Gasteiger partial charge in [0, 0.05) is 17.6 Å². The van der Waals surface area contributed by atoms with E-state index in [4.69, 9.17) is 0 Å². The Morgan fingerprint density at radius 2 is 2.25 bits per heavy atom. The first kappa shape index (κ1) is 11.9. The molecular formula is C13H19BrN2. The van der Waals surface area contributed by atoms with Crippen molar-refractivity contribution in [3.8, 4) is 0 Å². The monoisotopic (exact) mass is 282 g/mol. The van der Waals surface area contributed by atoms with E-state index in [1.165, 1.54) is 29.7 Å². The van der Waals surface area contributed by atoms with Crippen molar-refractivity contribution in [2.45, 2.75) is 13.3 Å². The molecule has 3 heteroatoms. The van der Waals surface area contributed by atoms with Crippen LogP contribution in [0.15, 0.2) is 28.7 Å². The topological polar surface area (TPSA) is 15.3 Å². The number of benzene rings is 1. The summed E-state index contributed by atoms with van der Waals surface area (Å²) in [4.78, 5) is 2.48. The highest BCUT2D eigenvalue weighted by atomic mass is 79.9. The Hall–Kier alpha value is -0.540. The fraction of sp³-hybridized carbons (Fsp3) is 0.538. The molecule has 2 nitrogen and oxygen atoms in total. The van der Waals surface area contributed by atoms with Gasteiger partial charge in [0.25, 0.3) is 0 Å². The smallest absolute Gasteiger partial charge is 0.0510 e. The molecule has 0 saturated carbocycles. The third-order valence-electron chi connectivity index (χ3n) is 3.16. The van der Waals surface area contributed by atoms with Gasteiger partial charge in [0.2, 0.25) is 0 Å². The first-order chi connectivity index (χ1) is 7.81. The van der Waals surface area contributed by atoms with E-state index in [1.54, 1.807) is 0 Å². The minimum atomic E-state index is 0.798. The van der Waals surface area contributed by atoms with Gasteiger partial charge in [0.05, 0.1) is 5.69 Å². The lowest BCUT2D eigenvalue weighted by Gasteiger charge is -2.20. The van der Waals surface area contributed by atoms with Crippen molar-refractivity contribution >= 4 is 21.6 Å². The van der Waals surface area contributed by atoms with Gasteiger partial charge in [0.15, 0.2) is 0 Å². The summed E-state index contributed by atoms with van der Waals surface area (Å²) in [5.41, 5.74) is 1.33. The number of halogens is 1. The SMILES string of the molecule is CCNCC1CCN(c2ccccc2Br)C1. The minimum absolute atomic E-state index is 0.798. The average molecular weight is 283 g/mol. The molecule has 1 saturated heterocycles. The molecule has 88 valence electrons. The first-order valence-electron chi connectivity index (χ1n) is 6.01. The lowest BCUT2D eigenvalue weighted by molar-refractivity contribution is 0.528. The van der Waals surface area contributed by atoms with E-state index in [2.05, 4.69) is 57.3 Å². The maximum atomic E-state index is 3.62. The lowest BCUT2D eigenvalue weighted by atomic mass is 10.1. The van der Waals surface area contributed by atoms with Crippen molar-refractivity contribution in [3.05, 3.63) is 28.7 Å². The first-order valence-corrected chi connectivity index (χ1v) is 6.80. The van der Waals surface area contributed by atoms with Crippen LogP contribution in [0, 0.1) is 5.92 Å². The van der Waals surface area contributed by atoms with E-state index in [0.29, 0.717) is 0 Å². The summed E-state index contributed by atoms with van der Waals surface area (Å²) in [6, 6.07) is 8.49. The molecule has 1 N–H and O–H groups in total. The van der Waals surface area contributed by atoms with Crippen molar-refractivity contribution < 1.29 is 0 Å². The van der Waals surface area contributed by atoms with Gasteiger partial charge in [0.1, 0.15) is 0 Å². The normalized spacial score (nSPS) is 20.4. The van der Waals surface area contributed by atoms with Crippen molar-refractivity contribution in [2.75, 3.05) is 31.1 Å². The molecule has 16 heavy (non-hydrogen) atoms. The molecule has 0 radical (unpaired) electrons. The fourth-order valence-electron chi connectivity index (χ4n) is 2.27. The maximum Gasteiger partial charge on any atom is 0.0510 e. The Balaban J connectivity index is 1.96. The molecule has 0 amide bonds. The number of para-hydroxylation sites is 1. The van der Waals surface area contributed by atoms with Gasteiger partial charge in [-0.25, -0.2) is 0 Å². The van der Waals surface area contributed by atoms with Crippen LogP contribution in [0.5, 0.6) is 0 Å². The van der Waals surface area contributed by atoms with Gasteiger partial charge in [-0.2, -0.15) is 0 Å². The highest BCUT2D eigenvalue weighted by Crippen LogP contribution is 2.30. The van der Waals surface area contributed by atoms with Crippen LogP contribution in [0.3, 0.4) is 0 Å². The molecule has 0 bridgehead atoms. The fourth-order valence-corrected chi connectivity index (χ4v) is 2.81. The van der Waals surface area contributed by atoms with Gasteiger partial charge in [-0.05, 0) is 53.5 Å². The zero-order valence-corrected chi connectivity index (χ0v) is 11.3. The van der Waals surface area contributed by atoms with Crippen molar-refractivity contribution in [1.29, 1.82) is 0 Å². The van der Waals surface area contributed by atoms with E-state index >= 15 is 0 Å². The summed E-state index contributed by atoms with van der Waals surface area (Å²) < 4.78 is 1.21. The molecule has 1 fully saturated rings. The van der Waals surface area contributed by atoms with Crippen molar-refractivity contribution in [3.63, 3.8) is 0 Å². The second-order valence-electron chi connectivity index (χ2n) is 4.36. The van der Waals surface area contributed by atoms with E-state index in [1.807, 2.05) is 0 Å². The highest BCUT2D eigenvalue weighted by Gasteiger charge is 2.23. The molecular weight excluding hydrogens is 264 g/mol. The Kier molecular flexibility index (Phi) is 4.24. The standard InChI is InChI=1S/C13H19BrN2/c1-2-15-9-11-7-8-16(10-11)13-6-4-3-5-12(13)14/h3-6,11,15H,2,7-10H2,1H3. The molecule has 1 unspecified atom stereocenters. The van der Waals surface area contributed by atoms with Gasteiger partial charge >= 0.3 is 0 Å². The summed E-state index contributed by atoms with van der Waals surface area (Å²) >= 11 is 3.62. The number of nitrogens with zero attached hydrogens (tertiary/aromatic N) is 1. The number of nitrogens with one attached hydrogen (secondary N) is 1. The van der Waals surface area contributed by atoms with E-state index in [-0.39, 0.29) is 0 Å². The van der Waals surface area contributed by atoms with E-state index < -0.39 is 0 Å². The Labute approximate surface area is 106 Å². The number of hydrogen-bond acceptors (Lipinski definition) is 2. The van der Waals surface area contributed by atoms with E-state index in [9.17, 15) is 0 Å². The third-order valence-corrected chi connectivity index (χ3v) is 3.83. The number of rotatable bonds is 4. The predicted octanol–water partition coefficient (Wildman–Crippen LogP) is 2.88. The summed E-state index contributed by atoms with van der Waals surface area (Å²) in [6.07, 6.45) is 1.30. The van der Waals surface area contributed by atoms with Gasteiger partial charge in [-0.1, -0.05) is 19.1 Å². The maximum absolute atomic E-state index is 3.62. The molecule has 1 aromatic rings. The molecule has 0 spiro atoms. The Morgan fingerprint density at radius 3 is 3.00 bits per heavy atom. The lowest BCUT2D eigenvalue weighted by Crippen LogP contribution is -2.26. The quantitative estimate of drug-likeness (QED) is 0.914. The molecule has 0 aliphatic carbocycles. The van der Waals surface area contributed by atoms with E-state index in [0.717, 1.165) is 19.0 Å². The molecule has 0 aromatic heterocycles. The van der Waals surface area contributed by atoms with Crippen LogP contribution >= 0.6 is 15.9 Å². The average Bonchev–Trinajstić information content (AvgIpc) is 2.75. The largest absolute Gasteiger partial charge is 0.370 e. The zero-order valence-electron chi connectivity index (χ0n) is 9.75. The minimum Gasteiger partial charge on any atom is -0.370 e. The molecule has 1 aromatic carbocycles. The van der Waals surface area contributed by atoms with Crippen LogP contribution in [0.4, 0.5) is 5.69 Å². The Bertz CT molecular complexity index is 340. The molecule has 1 atom stereocenters. The van der Waals surface area contributed by atoms with Crippen LogP contribution in [0.2, 0.25) is 0 Å². The molecule has 1 aliphatic heterocycles. The van der Waals surface area contributed by atoms with Crippen LogP contribution in [0.25, 0.3) is 0 Å². The molecule has 2 rings (SSSR count). The molecule has 1 heterocycles. The van der Waals surface area contributed by atoms with Gasteiger partial charge in [-0.3, -0.25) is 0 Å².